The molecule has 1 saturated carbocycles. The number of carbonyl (C=O) groups excluding carboxylic acids is 1. The Morgan fingerprint density at radius 3 is 3.07 bits per heavy atom. The van der Waals surface area contributed by atoms with Gasteiger partial charge in [0.2, 0.25) is 0 Å². The standard InChI is InChI=1S/C20H24N6O2/c27-20-21-8-1-2-9-26-10-7-13-4-6-17(23-19(13)26)22-18-12-16(24-25-18)14-3-5-15(11-14)28-20/h4,6-7,10,12,14-15H,1-3,5,8-9,11H2,(H,21,27)(H2,22,23,24,25)/t14-,15+/m0/s1. The second-order valence-corrected chi connectivity index (χ2v) is 7.62. The molecule has 3 N–H and O–H groups in total. The van der Waals surface area contributed by atoms with E-state index in [1.807, 2.05) is 12.1 Å². The number of pyridine rings is 1. The summed E-state index contributed by atoms with van der Waals surface area (Å²) in [7, 11) is 0. The summed E-state index contributed by atoms with van der Waals surface area (Å²) < 4.78 is 7.74. The minimum absolute atomic E-state index is 0.0323. The number of aryl methyl sites for hydroxylation is 1. The van der Waals surface area contributed by atoms with E-state index >= 15 is 0 Å². The Morgan fingerprint density at radius 2 is 2.11 bits per heavy atom. The highest BCUT2D eigenvalue weighted by atomic mass is 16.6. The number of fused-ring (bicyclic) bond motifs is 6. The zero-order valence-corrected chi connectivity index (χ0v) is 15.6. The Bertz CT molecular complexity index is 994. The topological polar surface area (TPSA) is 96.9 Å². The monoisotopic (exact) mass is 380 g/mol. The average molecular weight is 380 g/mol. The van der Waals surface area contributed by atoms with E-state index in [1.165, 1.54) is 0 Å². The first-order valence-corrected chi connectivity index (χ1v) is 9.97. The third kappa shape index (κ3) is 3.42. The quantitative estimate of drug-likeness (QED) is 0.553. The molecule has 0 radical (unpaired) electrons. The maximum atomic E-state index is 12.0. The molecule has 0 spiro atoms. The number of hydrogen-bond acceptors (Lipinski definition) is 5. The fourth-order valence-electron chi connectivity index (χ4n) is 4.17. The number of anilines is 2. The highest BCUT2D eigenvalue weighted by Gasteiger charge is 2.30. The van der Waals surface area contributed by atoms with E-state index in [9.17, 15) is 4.79 Å². The minimum Gasteiger partial charge on any atom is -0.446 e. The number of H-pyrrole nitrogens is 1. The van der Waals surface area contributed by atoms with Crippen molar-refractivity contribution >= 4 is 28.8 Å². The van der Waals surface area contributed by atoms with Gasteiger partial charge >= 0.3 is 6.09 Å². The zero-order valence-electron chi connectivity index (χ0n) is 15.6. The number of nitrogens with zero attached hydrogens (tertiary/aromatic N) is 3. The molecule has 1 amide bonds. The lowest BCUT2D eigenvalue weighted by Gasteiger charge is -2.13. The van der Waals surface area contributed by atoms with Crippen molar-refractivity contribution in [3.8, 4) is 0 Å². The first kappa shape index (κ1) is 17.1. The fraction of sp³-hybridized carbons (Fsp3) is 0.450. The van der Waals surface area contributed by atoms with Crippen LogP contribution in [-0.2, 0) is 11.3 Å². The summed E-state index contributed by atoms with van der Waals surface area (Å²) in [5.74, 6) is 1.86. The molecule has 8 heteroatoms. The number of carbonyl (C=O) groups is 1. The number of nitrogens with one attached hydrogen (secondary N) is 3. The highest BCUT2D eigenvalue weighted by molar-refractivity contribution is 5.78. The Labute approximate surface area is 162 Å². The lowest BCUT2D eigenvalue weighted by atomic mass is 10.0. The first-order chi connectivity index (χ1) is 13.7. The molecule has 0 aromatic carbocycles. The van der Waals surface area contributed by atoms with E-state index in [1.54, 1.807) is 0 Å². The van der Waals surface area contributed by atoms with Crippen LogP contribution in [-0.4, -0.2) is 38.5 Å². The van der Waals surface area contributed by atoms with Crippen molar-refractivity contribution < 1.29 is 9.53 Å². The van der Waals surface area contributed by atoms with Gasteiger partial charge in [0.05, 0.1) is 0 Å². The number of amides is 1. The maximum Gasteiger partial charge on any atom is 0.407 e. The number of aromatic amines is 1. The van der Waals surface area contributed by atoms with Gasteiger partial charge in [-0.2, -0.15) is 5.10 Å². The van der Waals surface area contributed by atoms with Crippen molar-refractivity contribution in [1.29, 1.82) is 0 Å². The van der Waals surface area contributed by atoms with Crippen LogP contribution in [0.15, 0.2) is 30.5 Å². The van der Waals surface area contributed by atoms with Crippen molar-refractivity contribution in [3.63, 3.8) is 0 Å². The molecular formula is C20H24N6O2. The Balaban J connectivity index is 1.43. The predicted octanol–water partition coefficient (Wildman–Crippen LogP) is 3.66. The Kier molecular flexibility index (Phi) is 4.38. The summed E-state index contributed by atoms with van der Waals surface area (Å²) in [6.45, 7) is 1.48. The van der Waals surface area contributed by atoms with Gasteiger partial charge < -0.3 is 19.9 Å². The van der Waals surface area contributed by atoms with Crippen LogP contribution < -0.4 is 10.6 Å². The van der Waals surface area contributed by atoms with Crippen molar-refractivity contribution in [2.45, 2.75) is 50.7 Å². The number of rotatable bonds is 0. The number of alkyl carbamates (subject to hydrolysis) is 1. The van der Waals surface area contributed by atoms with Crippen molar-refractivity contribution in [3.05, 3.63) is 36.2 Å². The molecule has 28 heavy (non-hydrogen) atoms. The Morgan fingerprint density at radius 1 is 1.14 bits per heavy atom. The van der Waals surface area contributed by atoms with Gasteiger partial charge in [0, 0.05) is 42.4 Å². The van der Waals surface area contributed by atoms with E-state index in [-0.39, 0.29) is 12.2 Å². The fourth-order valence-corrected chi connectivity index (χ4v) is 4.17. The SMILES string of the molecule is O=C1NCCCCn2ccc3ccc(nc32)Nc2cc([nH]n2)[C@H]2CC[C@H](C2)O1. The molecular weight excluding hydrogens is 356 g/mol. The number of hydrogen-bond donors (Lipinski definition) is 3. The van der Waals surface area contributed by atoms with Crippen LogP contribution in [0.5, 0.6) is 0 Å². The summed E-state index contributed by atoms with van der Waals surface area (Å²) in [4.78, 5) is 16.8. The molecule has 3 aromatic heterocycles. The molecule has 146 valence electrons. The molecule has 4 heterocycles. The lowest BCUT2D eigenvalue weighted by Crippen LogP contribution is -2.29. The van der Waals surface area contributed by atoms with E-state index in [0.717, 1.165) is 67.0 Å². The average Bonchev–Trinajstić information content (AvgIpc) is 3.41. The summed E-state index contributed by atoms with van der Waals surface area (Å²) in [5, 5.41) is 14.8. The van der Waals surface area contributed by atoms with Gasteiger partial charge in [0.15, 0.2) is 5.82 Å². The molecule has 1 aliphatic heterocycles. The number of aromatic nitrogens is 4. The second-order valence-electron chi connectivity index (χ2n) is 7.62. The van der Waals surface area contributed by atoms with Gasteiger partial charge in [-0.3, -0.25) is 5.10 Å². The summed E-state index contributed by atoms with van der Waals surface area (Å²) in [5.41, 5.74) is 2.02. The molecule has 2 aliphatic rings. The normalized spacial score (nSPS) is 22.9. The van der Waals surface area contributed by atoms with Crippen LogP contribution in [0, 0.1) is 0 Å². The van der Waals surface area contributed by atoms with Crippen LogP contribution in [0.4, 0.5) is 16.4 Å². The smallest absolute Gasteiger partial charge is 0.407 e. The van der Waals surface area contributed by atoms with Gasteiger partial charge in [0.25, 0.3) is 0 Å². The Hall–Kier alpha value is -3.03. The third-order valence-corrected chi connectivity index (χ3v) is 5.66. The molecule has 0 unspecified atom stereocenters. The van der Waals surface area contributed by atoms with Gasteiger partial charge in [-0.1, -0.05) is 0 Å². The second kappa shape index (κ2) is 7.18. The van der Waals surface area contributed by atoms with E-state index in [0.29, 0.717) is 12.5 Å². The summed E-state index contributed by atoms with van der Waals surface area (Å²) in [6.07, 6.45) is 6.26. The molecule has 6 bridgehead atoms. The van der Waals surface area contributed by atoms with Gasteiger partial charge in [-0.25, -0.2) is 9.78 Å². The molecule has 1 fully saturated rings. The van der Waals surface area contributed by atoms with E-state index in [4.69, 9.17) is 9.72 Å². The summed E-state index contributed by atoms with van der Waals surface area (Å²) in [6, 6.07) is 8.16. The van der Waals surface area contributed by atoms with Gasteiger partial charge in [-0.15, -0.1) is 0 Å². The molecule has 5 rings (SSSR count). The van der Waals surface area contributed by atoms with Crippen LogP contribution >= 0.6 is 0 Å². The number of ether oxygens (including phenoxy) is 1. The van der Waals surface area contributed by atoms with Crippen LogP contribution in [0.3, 0.4) is 0 Å². The highest BCUT2D eigenvalue weighted by Crippen LogP contribution is 2.36. The van der Waals surface area contributed by atoms with Crippen LogP contribution in [0.2, 0.25) is 0 Å². The largest absolute Gasteiger partial charge is 0.446 e. The molecule has 1 aliphatic carbocycles. The molecule has 2 atom stereocenters. The predicted molar refractivity (Wildman–Crippen MR) is 106 cm³/mol. The van der Waals surface area contributed by atoms with Crippen molar-refractivity contribution in [2.24, 2.45) is 0 Å². The lowest BCUT2D eigenvalue weighted by molar-refractivity contribution is 0.100. The van der Waals surface area contributed by atoms with E-state index in [2.05, 4.69) is 43.7 Å². The van der Waals surface area contributed by atoms with Crippen LogP contribution in [0.25, 0.3) is 11.0 Å². The molecule has 3 aromatic rings. The third-order valence-electron chi connectivity index (χ3n) is 5.66. The van der Waals surface area contributed by atoms with E-state index < -0.39 is 0 Å². The molecule has 0 saturated heterocycles. The van der Waals surface area contributed by atoms with Gasteiger partial charge in [0.1, 0.15) is 17.6 Å². The summed E-state index contributed by atoms with van der Waals surface area (Å²) >= 11 is 0. The minimum atomic E-state index is -0.309. The van der Waals surface area contributed by atoms with Crippen LogP contribution in [0.1, 0.15) is 43.7 Å². The van der Waals surface area contributed by atoms with Crippen molar-refractivity contribution in [1.82, 2.24) is 25.1 Å². The molecule has 8 nitrogen and oxygen atoms in total. The first-order valence-electron chi connectivity index (χ1n) is 9.97. The maximum absolute atomic E-state index is 12.0. The van der Waals surface area contributed by atoms with Gasteiger partial charge in [-0.05, 0) is 50.3 Å². The zero-order chi connectivity index (χ0) is 18.9. The van der Waals surface area contributed by atoms with Crippen molar-refractivity contribution in [2.75, 3.05) is 11.9 Å².